The van der Waals surface area contributed by atoms with Gasteiger partial charge in [0.2, 0.25) is 0 Å². The zero-order valence-electron chi connectivity index (χ0n) is 7.38. The first kappa shape index (κ1) is 12.0. The molecule has 0 spiro atoms. The van der Waals surface area contributed by atoms with Crippen molar-refractivity contribution < 1.29 is 18.7 Å². The molecule has 0 amide bonds. The molecule has 0 saturated carbocycles. The molecule has 0 bridgehead atoms. The zero-order chi connectivity index (χ0) is 11.6. The Kier molecular flexibility index (Phi) is 3.70. The molecule has 0 unspecified atom stereocenters. The van der Waals surface area contributed by atoms with Crippen LogP contribution < -0.4 is 5.73 Å². The Morgan fingerprint density at radius 3 is 2.67 bits per heavy atom. The monoisotopic (exact) mass is 280 g/mol. The van der Waals surface area contributed by atoms with Crippen LogP contribution in [0.4, 0.5) is 8.78 Å². The molecule has 15 heavy (non-hydrogen) atoms. The summed E-state index contributed by atoms with van der Waals surface area (Å²) < 4.78 is 25.6. The van der Waals surface area contributed by atoms with Gasteiger partial charge in [0.25, 0.3) is 6.43 Å². The summed E-state index contributed by atoms with van der Waals surface area (Å²) in [5.41, 5.74) is 4.06. The van der Waals surface area contributed by atoms with Gasteiger partial charge in [0, 0.05) is 17.2 Å². The maximum Gasteiger partial charge on any atom is 0.355 e. The van der Waals surface area contributed by atoms with Crippen LogP contribution in [0.25, 0.3) is 0 Å². The predicted molar refractivity (Wildman–Crippen MR) is 51.7 cm³/mol. The van der Waals surface area contributed by atoms with Crippen LogP contribution in [0.1, 0.15) is 28.0 Å². The second-order valence-corrected chi connectivity index (χ2v) is 3.51. The minimum Gasteiger partial charge on any atom is -0.476 e. The standard InChI is InChI=1S/C8H7BrF2N2O2/c9-4-2-13-6(8(14)15)5(7(10)11)3(4)1-12/h2,7H,1,12H2,(H,14,15). The Morgan fingerprint density at radius 2 is 2.27 bits per heavy atom. The lowest BCUT2D eigenvalue weighted by molar-refractivity contribution is 0.0676. The van der Waals surface area contributed by atoms with Crippen LogP contribution >= 0.6 is 15.9 Å². The highest BCUT2D eigenvalue weighted by Gasteiger charge is 2.24. The van der Waals surface area contributed by atoms with Crippen molar-refractivity contribution in [2.24, 2.45) is 5.73 Å². The second-order valence-electron chi connectivity index (χ2n) is 2.66. The lowest BCUT2D eigenvalue weighted by Crippen LogP contribution is -2.12. The highest BCUT2D eigenvalue weighted by atomic mass is 79.9. The highest BCUT2D eigenvalue weighted by molar-refractivity contribution is 9.10. The summed E-state index contributed by atoms with van der Waals surface area (Å²) in [7, 11) is 0. The molecule has 1 heterocycles. The molecule has 0 saturated heterocycles. The molecule has 0 aliphatic heterocycles. The van der Waals surface area contributed by atoms with E-state index in [1.807, 2.05) is 0 Å². The van der Waals surface area contributed by atoms with Crippen LogP contribution in [-0.2, 0) is 6.54 Å². The summed E-state index contributed by atoms with van der Waals surface area (Å²) in [6.45, 7) is -0.178. The van der Waals surface area contributed by atoms with E-state index in [-0.39, 0.29) is 16.6 Å². The molecule has 3 N–H and O–H groups in total. The van der Waals surface area contributed by atoms with E-state index in [0.29, 0.717) is 0 Å². The average Bonchev–Trinajstić information content (AvgIpc) is 2.16. The van der Waals surface area contributed by atoms with Crippen molar-refractivity contribution in [2.75, 3.05) is 0 Å². The van der Waals surface area contributed by atoms with Crippen molar-refractivity contribution in [3.63, 3.8) is 0 Å². The minimum atomic E-state index is -2.92. The maximum absolute atomic E-state index is 12.6. The van der Waals surface area contributed by atoms with Crippen molar-refractivity contribution in [2.45, 2.75) is 13.0 Å². The van der Waals surface area contributed by atoms with E-state index in [1.54, 1.807) is 0 Å². The first-order valence-electron chi connectivity index (χ1n) is 3.87. The Bertz CT molecular complexity index is 398. The molecule has 1 aromatic rings. The number of nitrogens with two attached hydrogens (primary N) is 1. The fourth-order valence-electron chi connectivity index (χ4n) is 1.15. The Hall–Kier alpha value is -1.08. The Labute approximate surface area is 92.2 Å². The largest absolute Gasteiger partial charge is 0.476 e. The number of carbonyl (C=O) groups is 1. The number of pyridine rings is 1. The van der Waals surface area contributed by atoms with E-state index in [2.05, 4.69) is 20.9 Å². The lowest BCUT2D eigenvalue weighted by atomic mass is 10.1. The summed E-state index contributed by atoms with van der Waals surface area (Å²) in [5, 5.41) is 8.67. The number of hydrogen-bond acceptors (Lipinski definition) is 3. The summed E-state index contributed by atoms with van der Waals surface area (Å²) in [6.07, 6.45) is -1.77. The maximum atomic E-state index is 12.6. The molecule has 7 heteroatoms. The summed E-state index contributed by atoms with van der Waals surface area (Å²) >= 11 is 2.99. The van der Waals surface area contributed by atoms with Crippen molar-refractivity contribution >= 4 is 21.9 Å². The van der Waals surface area contributed by atoms with Crippen LogP contribution in [0.15, 0.2) is 10.7 Å². The fraction of sp³-hybridized carbons (Fsp3) is 0.250. The van der Waals surface area contributed by atoms with Gasteiger partial charge in [0.05, 0.1) is 5.56 Å². The molecule has 0 aliphatic carbocycles. The van der Waals surface area contributed by atoms with Gasteiger partial charge in [-0.25, -0.2) is 18.6 Å². The van der Waals surface area contributed by atoms with Gasteiger partial charge < -0.3 is 10.8 Å². The van der Waals surface area contributed by atoms with E-state index in [4.69, 9.17) is 10.8 Å². The van der Waals surface area contributed by atoms with Gasteiger partial charge in [-0.05, 0) is 21.5 Å². The van der Waals surface area contributed by atoms with Gasteiger partial charge in [-0.15, -0.1) is 0 Å². The molecule has 0 aliphatic rings. The highest BCUT2D eigenvalue weighted by Crippen LogP contribution is 2.30. The average molecular weight is 281 g/mol. The molecule has 4 nitrogen and oxygen atoms in total. The normalized spacial score (nSPS) is 10.7. The van der Waals surface area contributed by atoms with E-state index in [9.17, 15) is 13.6 Å². The number of hydrogen-bond donors (Lipinski definition) is 2. The number of aromatic nitrogens is 1. The fourth-order valence-corrected chi connectivity index (χ4v) is 1.63. The van der Waals surface area contributed by atoms with E-state index in [0.717, 1.165) is 6.20 Å². The summed E-state index contributed by atoms with van der Waals surface area (Å²) in [6, 6.07) is 0. The Morgan fingerprint density at radius 1 is 1.67 bits per heavy atom. The Balaban J connectivity index is 3.49. The molecule has 0 fully saturated rings. The van der Waals surface area contributed by atoms with Gasteiger partial charge >= 0.3 is 5.97 Å². The SMILES string of the molecule is NCc1c(Br)cnc(C(=O)O)c1C(F)F. The summed E-state index contributed by atoms with van der Waals surface area (Å²) in [5.74, 6) is -1.49. The van der Waals surface area contributed by atoms with Crippen LogP contribution in [-0.4, -0.2) is 16.1 Å². The van der Waals surface area contributed by atoms with E-state index < -0.39 is 23.7 Å². The third kappa shape index (κ3) is 2.29. The lowest BCUT2D eigenvalue weighted by Gasteiger charge is -2.11. The molecule has 1 aromatic heterocycles. The van der Waals surface area contributed by atoms with Crippen LogP contribution in [0, 0.1) is 0 Å². The van der Waals surface area contributed by atoms with E-state index >= 15 is 0 Å². The van der Waals surface area contributed by atoms with E-state index in [1.165, 1.54) is 0 Å². The number of aromatic carboxylic acids is 1. The third-order valence-electron chi connectivity index (χ3n) is 1.80. The van der Waals surface area contributed by atoms with Crippen LogP contribution in [0.5, 0.6) is 0 Å². The third-order valence-corrected chi connectivity index (χ3v) is 2.48. The van der Waals surface area contributed by atoms with Crippen LogP contribution in [0.2, 0.25) is 0 Å². The number of halogens is 3. The number of carboxylic acids is 1. The van der Waals surface area contributed by atoms with Gasteiger partial charge in [-0.2, -0.15) is 0 Å². The zero-order valence-corrected chi connectivity index (χ0v) is 8.96. The van der Waals surface area contributed by atoms with Crippen molar-refractivity contribution in [3.05, 3.63) is 27.5 Å². The number of rotatable bonds is 3. The molecule has 82 valence electrons. The molecule has 0 radical (unpaired) electrons. The molecule has 0 aromatic carbocycles. The van der Waals surface area contributed by atoms with Gasteiger partial charge in [0.1, 0.15) is 0 Å². The quantitative estimate of drug-likeness (QED) is 0.887. The molecular weight excluding hydrogens is 274 g/mol. The van der Waals surface area contributed by atoms with Crippen molar-refractivity contribution in [1.29, 1.82) is 0 Å². The number of carboxylic acid groups (broad SMARTS) is 1. The molecular formula is C8H7BrF2N2O2. The van der Waals surface area contributed by atoms with Gasteiger partial charge in [0.15, 0.2) is 5.69 Å². The predicted octanol–water partition coefficient (Wildman–Crippen LogP) is 1.94. The van der Waals surface area contributed by atoms with Crippen molar-refractivity contribution in [1.82, 2.24) is 4.98 Å². The smallest absolute Gasteiger partial charge is 0.355 e. The molecule has 1 rings (SSSR count). The second kappa shape index (κ2) is 4.63. The van der Waals surface area contributed by atoms with Crippen LogP contribution in [0.3, 0.4) is 0 Å². The topological polar surface area (TPSA) is 76.2 Å². The van der Waals surface area contributed by atoms with Crippen molar-refractivity contribution in [3.8, 4) is 0 Å². The first-order chi connectivity index (χ1) is 6.99. The minimum absolute atomic E-state index is 0.0670. The number of nitrogens with zero attached hydrogens (tertiary/aromatic N) is 1. The summed E-state index contributed by atoms with van der Waals surface area (Å²) in [4.78, 5) is 14.1. The molecule has 0 atom stereocenters. The van der Waals surface area contributed by atoms with Gasteiger partial charge in [-0.3, -0.25) is 0 Å². The van der Waals surface area contributed by atoms with Gasteiger partial charge in [-0.1, -0.05) is 0 Å². The number of alkyl halides is 2. The first-order valence-corrected chi connectivity index (χ1v) is 4.67.